The number of hydrogen-bond donors (Lipinski definition) is 1. The molecule has 6 nitrogen and oxygen atoms in total. The molecule has 0 saturated heterocycles. The Kier molecular flexibility index (Phi) is 8.34. The second kappa shape index (κ2) is 11.8. The molecule has 1 N–H and O–H groups in total. The van der Waals surface area contributed by atoms with Crippen molar-refractivity contribution in [2.45, 2.75) is 32.1 Å². The van der Waals surface area contributed by atoms with Gasteiger partial charge in [0.05, 0.1) is 12.8 Å². The number of aryl methyl sites for hydroxylation is 1. The summed E-state index contributed by atoms with van der Waals surface area (Å²) < 4.78 is 24.5. The number of ether oxygens (including phenoxy) is 2. The van der Waals surface area contributed by atoms with Crippen LogP contribution in [0.1, 0.15) is 23.1 Å². The third-order valence-electron chi connectivity index (χ3n) is 5.91. The lowest BCUT2D eigenvalue weighted by molar-refractivity contribution is 0.0212. The van der Waals surface area contributed by atoms with Gasteiger partial charge in [0, 0.05) is 26.1 Å². The van der Waals surface area contributed by atoms with Crippen molar-refractivity contribution in [2.24, 2.45) is 5.16 Å². The fourth-order valence-corrected chi connectivity index (χ4v) is 4.11. The summed E-state index contributed by atoms with van der Waals surface area (Å²) in [6.07, 6.45) is -0.264. The Balaban J connectivity index is 1.40. The summed E-state index contributed by atoms with van der Waals surface area (Å²) in [5.74, 6) is 1.27. The Morgan fingerprint density at radius 3 is 2.69 bits per heavy atom. The lowest BCUT2D eigenvalue weighted by Crippen LogP contribution is -2.39. The summed E-state index contributed by atoms with van der Waals surface area (Å²) >= 11 is 0. The summed E-state index contributed by atoms with van der Waals surface area (Å²) in [6.45, 7) is 3.72. The van der Waals surface area contributed by atoms with Crippen LogP contribution in [0, 0.1) is 12.7 Å². The molecule has 1 aliphatic heterocycles. The van der Waals surface area contributed by atoms with Crippen LogP contribution in [-0.4, -0.2) is 54.7 Å². The van der Waals surface area contributed by atoms with E-state index in [1.807, 2.05) is 55.5 Å². The van der Waals surface area contributed by atoms with Crippen LogP contribution in [0.3, 0.4) is 0 Å². The first-order valence-electron chi connectivity index (χ1n) is 11.7. The van der Waals surface area contributed by atoms with Gasteiger partial charge >= 0.3 is 0 Å². The van der Waals surface area contributed by atoms with Crippen molar-refractivity contribution in [3.8, 4) is 11.5 Å². The predicted octanol–water partition coefficient (Wildman–Crippen LogP) is 4.58. The Labute approximate surface area is 205 Å². The summed E-state index contributed by atoms with van der Waals surface area (Å²) in [6, 6.07) is 21.9. The van der Waals surface area contributed by atoms with E-state index >= 15 is 0 Å². The van der Waals surface area contributed by atoms with E-state index in [9.17, 15) is 9.50 Å². The van der Waals surface area contributed by atoms with Crippen molar-refractivity contribution in [1.82, 2.24) is 4.90 Å². The summed E-state index contributed by atoms with van der Waals surface area (Å²) in [5.41, 5.74) is 3.73. The van der Waals surface area contributed by atoms with Crippen LogP contribution in [-0.2, 0) is 11.4 Å². The smallest absolute Gasteiger partial charge is 0.145 e. The van der Waals surface area contributed by atoms with Crippen molar-refractivity contribution in [3.05, 3.63) is 95.3 Å². The summed E-state index contributed by atoms with van der Waals surface area (Å²) in [4.78, 5) is 7.84. The number of aliphatic hydroxyl groups excluding tert-OH is 1. The minimum absolute atomic E-state index is 0.176. The van der Waals surface area contributed by atoms with Crippen LogP contribution in [0.4, 0.5) is 4.39 Å². The van der Waals surface area contributed by atoms with Crippen LogP contribution < -0.4 is 9.47 Å². The topological polar surface area (TPSA) is 63.5 Å². The van der Waals surface area contributed by atoms with Crippen molar-refractivity contribution in [2.75, 3.05) is 26.8 Å². The van der Waals surface area contributed by atoms with E-state index in [-0.39, 0.29) is 18.5 Å². The van der Waals surface area contributed by atoms with Gasteiger partial charge < -0.3 is 19.4 Å². The molecule has 0 bridgehead atoms. The molecule has 0 fully saturated rings. The number of benzene rings is 3. The average Bonchev–Trinajstić information content (AvgIpc) is 3.32. The molecule has 2 atom stereocenters. The van der Waals surface area contributed by atoms with Gasteiger partial charge in [-0.15, -0.1) is 0 Å². The van der Waals surface area contributed by atoms with E-state index in [0.717, 1.165) is 33.9 Å². The van der Waals surface area contributed by atoms with Gasteiger partial charge in [-0.2, -0.15) is 0 Å². The standard InChI is InChI=1S/C28H31FN2O4/c1-20-6-3-4-9-28(20)34-19-24(32)17-31(16-21-7-5-8-25(14-21)33-2)18-26-15-27(30-35-26)22-10-12-23(29)13-11-22/h3-14,24,26,32H,15-19H2,1-2H3/t24-,26-/m1/s1. The monoisotopic (exact) mass is 478 g/mol. The van der Waals surface area contributed by atoms with Crippen molar-refractivity contribution in [1.29, 1.82) is 0 Å². The van der Waals surface area contributed by atoms with E-state index in [4.69, 9.17) is 14.3 Å². The lowest BCUT2D eigenvalue weighted by Gasteiger charge is -2.27. The van der Waals surface area contributed by atoms with Gasteiger partial charge in [0.15, 0.2) is 0 Å². The first-order valence-corrected chi connectivity index (χ1v) is 11.7. The summed E-state index contributed by atoms with van der Waals surface area (Å²) in [5, 5.41) is 15.0. The van der Waals surface area contributed by atoms with Gasteiger partial charge in [-0.05, 0) is 53.9 Å². The Hall–Kier alpha value is -3.42. The van der Waals surface area contributed by atoms with Crippen LogP contribution in [0.5, 0.6) is 11.5 Å². The fourth-order valence-electron chi connectivity index (χ4n) is 4.11. The maximum absolute atomic E-state index is 13.3. The molecule has 7 heteroatoms. The molecule has 4 rings (SSSR count). The van der Waals surface area contributed by atoms with Gasteiger partial charge in [0.25, 0.3) is 0 Å². The SMILES string of the molecule is COc1cccc(CN(C[C@@H](O)COc2ccccc2C)C[C@H]2CC(c3ccc(F)cc3)=NO2)c1. The molecule has 0 spiro atoms. The third-order valence-corrected chi connectivity index (χ3v) is 5.91. The molecule has 0 aliphatic carbocycles. The third kappa shape index (κ3) is 7.04. The van der Waals surface area contributed by atoms with E-state index < -0.39 is 6.10 Å². The number of oxime groups is 1. The molecular formula is C28H31FN2O4. The molecule has 35 heavy (non-hydrogen) atoms. The maximum atomic E-state index is 13.3. The molecule has 0 aromatic heterocycles. The van der Waals surface area contributed by atoms with Crippen molar-refractivity contribution < 1.29 is 23.8 Å². The highest BCUT2D eigenvalue weighted by atomic mass is 19.1. The fraction of sp³-hybridized carbons (Fsp3) is 0.321. The van der Waals surface area contributed by atoms with E-state index in [1.54, 1.807) is 19.2 Å². The normalized spacial score (nSPS) is 16.0. The minimum atomic E-state index is -0.695. The van der Waals surface area contributed by atoms with Crippen molar-refractivity contribution >= 4 is 5.71 Å². The lowest BCUT2D eigenvalue weighted by atomic mass is 10.0. The highest BCUT2D eigenvalue weighted by molar-refractivity contribution is 6.01. The van der Waals surface area contributed by atoms with Crippen LogP contribution in [0.25, 0.3) is 0 Å². The van der Waals surface area contributed by atoms with Gasteiger partial charge in [0.1, 0.15) is 36.1 Å². The molecule has 1 heterocycles. The largest absolute Gasteiger partial charge is 0.497 e. The molecule has 184 valence electrons. The Bertz CT molecular complexity index is 1140. The zero-order valence-electron chi connectivity index (χ0n) is 20.1. The zero-order chi connectivity index (χ0) is 24.6. The first-order chi connectivity index (χ1) is 17.0. The molecule has 3 aromatic rings. The second-order valence-electron chi connectivity index (χ2n) is 8.75. The first kappa shape index (κ1) is 24.7. The highest BCUT2D eigenvalue weighted by Crippen LogP contribution is 2.21. The number of para-hydroxylation sites is 1. The van der Waals surface area contributed by atoms with Gasteiger partial charge in [0.2, 0.25) is 0 Å². The number of hydrogen-bond acceptors (Lipinski definition) is 6. The molecule has 0 amide bonds. The Morgan fingerprint density at radius 2 is 1.91 bits per heavy atom. The van der Waals surface area contributed by atoms with Gasteiger partial charge in [-0.3, -0.25) is 4.90 Å². The predicted molar refractivity (Wildman–Crippen MR) is 133 cm³/mol. The van der Waals surface area contributed by atoms with Gasteiger partial charge in [-0.25, -0.2) is 4.39 Å². The maximum Gasteiger partial charge on any atom is 0.145 e. The van der Waals surface area contributed by atoms with E-state index in [1.165, 1.54) is 12.1 Å². The van der Waals surface area contributed by atoms with E-state index in [2.05, 4.69) is 10.1 Å². The quantitative estimate of drug-likeness (QED) is 0.437. The molecule has 0 unspecified atom stereocenters. The van der Waals surface area contributed by atoms with Gasteiger partial charge in [-0.1, -0.05) is 47.6 Å². The van der Waals surface area contributed by atoms with Crippen molar-refractivity contribution in [3.63, 3.8) is 0 Å². The van der Waals surface area contributed by atoms with E-state index in [0.29, 0.717) is 26.1 Å². The number of nitrogens with zero attached hydrogens (tertiary/aromatic N) is 2. The van der Waals surface area contributed by atoms with Crippen LogP contribution in [0.15, 0.2) is 78.0 Å². The molecule has 1 aliphatic rings. The number of rotatable bonds is 11. The molecule has 0 radical (unpaired) electrons. The number of halogens is 1. The minimum Gasteiger partial charge on any atom is -0.497 e. The molecule has 0 saturated carbocycles. The highest BCUT2D eigenvalue weighted by Gasteiger charge is 2.26. The van der Waals surface area contributed by atoms with Crippen LogP contribution in [0.2, 0.25) is 0 Å². The molecule has 3 aromatic carbocycles. The Morgan fingerprint density at radius 1 is 1.11 bits per heavy atom. The van der Waals surface area contributed by atoms with Crippen LogP contribution >= 0.6 is 0 Å². The second-order valence-corrected chi connectivity index (χ2v) is 8.75. The summed E-state index contributed by atoms with van der Waals surface area (Å²) in [7, 11) is 1.64. The molecular weight excluding hydrogens is 447 g/mol. The average molecular weight is 479 g/mol. The number of methoxy groups -OCH3 is 1. The number of aliphatic hydroxyl groups is 1. The zero-order valence-corrected chi connectivity index (χ0v) is 20.1.